The molecule has 0 heterocycles. The third-order valence-corrected chi connectivity index (χ3v) is 1.91. The van der Waals surface area contributed by atoms with Gasteiger partial charge in [-0.2, -0.15) is 5.10 Å². The van der Waals surface area contributed by atoms with Gasteiger partial charge in [-0.1, -0.05) is 37.3 Å². The van der Waals surface area contributed by atoms with Crippen molar-refractivity contribution in [2.24, 2.45) is 5.10 Å². The monoisotopic (exact) mass is 206 g/mol. The van der Waals surface area contributed by atoms with E-state index in [1.807, 2.05) is 37.3 Å². The average molecular weight is 206 g/mol. The first kappa shape index (κ1) is 11.2. The minimum atomic E-state index is -0.558. The van der Waals surface area contributed by atoms with E-state index in [0.717, 1.165) is 17.7 Å². The molecule has 0 aliphatic heterocycles. The Morgan fingerprint density at radius 2 is 2.07 bits per heavy atom. The Labute approximate surface area is 88.9 Å². The van der Waals surface area contributed by atoms with E-state index in [2.05, 4.69) is 15.3 Å². The summed E-state index contributed by atoms with van der Waals surface area (Å²) in [4.78, 5) is 10.8. The van der Waals surface area contributed by atoms with Gasteiger partial charge in [-0.05, 0) is 12.0 Å². The zero-order valence-electron chi connectivity index (χ0n) is 8.86. The van der Waals surface area contributed by atoms with Crippen LogP contribution in [0.1, 0.15) is 18.9 Å². The van der Waals surface area contributed by atoms with Gasteiger partial charge in [0.2, 0.25) is 0 Å². The molecule has 4 nitrogen and oxygen atoms in total. The molecule has 4 heteroatoms. The van der Waals surface area contributed by atoms with Crippen LogP contribution < -0.4 is 5.43 Å². The van der Waals surface area contributed by atoms with Gasteiger partial charge in [-0.15, -0.1) is 0 Å². The number of nitrogens with one attached hydrogen (secondary N) is 1. The molecule has 1 aromatic rings. The standard InChI is InChI=1S/C11H14N2O2/c1-3-10(12-13-11(14)15-2)9-7-5-4-6-8-9/h4-8H,3H2,1-2H3,(H,13,14). The first-order valence-corrected chi connectivity index (χ1v) is 4.74. The second-order valence-corrected chi connectivity index (χ2v) is 2.88. The molecule has 0 bridgehead atoms. The van der Waals surface area contributed by atoms with Crippen molar-refractivity contribution in [3.8, 4) is 0 Å². The predicted molar refractivity (Wildman–Crippen MR) is 58.8 cm³/mol. The molecule has 1 amide bonds. The number of benzene rings is 1. The molecule has 0 saturated carbocycles. The molecule has 1 rings (SSSR count). The number of carbonyl (C=O) groups excluding carboxylic acids is 1. The van der Waals surface area contributed by atoms with E-state index >= 15 is 0 Å². The van der Waals surface area contributed by atoms with Crippen LogP contribution in [0.4, 0.5) is 4.79 Å². The number of amides is 1. The Bertz CT molecular complexity index is 347. The highest BCUT2D eigenvalue weighted by molar-refractivity contribution is 6.00. The first-order chi connectivity index (χ1) is 7.27. The van der Waals surface area contributed by atoms with Gasteiger partial charge in [-0.25, -0.2) is 10.2 Å². The minimum Gasteiger partial charge on any atom is -0.452 e. The maximum Gasteiger partial charge on any atom is 0.427 e. The molecule has 0 unspecified atom stereocenters. The lowest BCUT2D eigenvalue weighted by atomic mass is 10.1. The summed E-state index contributed by atoms with van der Waals surface area (Å²) in [6.45, 7) is 1.98. The normalized spacial score (nSPS) is 10.9. The number of rotatable bonds is 3. The van der Waals surface area contributed by atoms with Gasteiger partial charge in [0.25, 0.3) is 0 Å². The van der Waals surface area contributed by atoms with Gasteiger partial charge in [0.15, 0.2) is 0 Å². The molecular weight excluding hydrogens is 192 g/mol. The number of hydrogen-bond donors (Lipinski definition) is 1. The van der Waals surface area contributed by atoms with E-state index in [9.17, 15) is 4.79 Å². The second kappa shape index (κ2) is 5.80. The molecule has 0 saturated heterocycles. The molecular formula is C11H14N2O2. The first-order valence-electron chi connectivity index (χ1n) is 4.74. The summed E-state index contributed by atoms with van der Waals surface area (Å²) in [5.74, 6) is 0. The van der Waals surface area contributed by atoms with Crippen molar-refractivity contribution < 1.29 is 9.53 Å². The zero-order valence-corrected chi connectivity index (χ0v) is 8.86. The van der Waals surface area contributed by atoms with Gasteiger partial charge in [0.1, 0.15) is 0 Å². The molecule has 0 aromatic heterocycles. The lowest BCUT2D eigenvalue weighted by Crippen LogP contribution is -2.19. The highest BCUT2D eigenvalue weighted by atomic mass is 16.5. The van der Waals surface area contributed by atoms with Gasteiger partial charge < -0.3 is 4.74 Å². The molecule has 0 fully saturated rings. The van der Waals surface area contributed by atoms with E-state index < -0.39 is 6.09 Å². The van der Waals surface area contributed by atoms with Crippen LogP contribution in [-0.4, -0.2) is 18.9 Å². The van der Waals surface area contributed by atoms with Gasteiger partial charge >= 0.3 is 6.09 Å². The van der Waals surface area contributed by atoms with Crippen LogP contribution in [0.25, 0.3) is 0 Å². The summed E-state index contributed by atoms with van der Waals surface area (Å²) in [7, 11) is 1.30. The van der Waals surface area contributed by atoms with Gasteiger partial charge in [0.05, 0.1) is 12.8 Å². The lowest BCUT2D eigenvalue weighted by molar-refractivity contribution is 0.171. The van der Waals surface area contributed by atoms with Gasteiger partial charge in [-0.3, -0.25) is 0 Å². The van der Waals surface area contributed by atoms with Crippen molar-refractivity contribution in [2.75, 3.05) is 7.11 Å². The molecule has 1 N–H and O–H groups in total. The van der Waals surface area contributed by atoms with E-state index in [-0.39, 0.29) is 0 Å². The smallest absolute Gasteiger partial charge is 0.427 e. The predicted octanol–water partition coefficient (Wildman–Crippen LogP) is 2.16. The largest absolute Gasteiger partial charge is 0.452 e. The summed E-state index contributed by atoms with van der Waals surface area (Å²) in [6.07, 6.45) is 0.186. The molecule has 0 spiro atoms. The number of carbonyl (C=O) groups is 1. The SMILES string of the molecule is CCC(=NNC(=O)OC)c1ccccc1. The topological polar surface area (TPSA) is 50.7 Å². The minimum absolute atomic E-state index is 0.558. The van der Waals surface area contributed by atoms with Crippen molar-refractivity contribution in [3.05, 3.63) is 35.9 Å². The van der Waals surface area contributed by atoms with Crippen molar-refractivity contribution in [3.63, 3.8) is 0 Å². The van der Waals surface area contributed by atoms with Gasteiger partial charge in [0, 0.05) is 0 Å². The number of ether oxygens (including phenoxy) is 1. The Morgan fingerprint density at radius 3 is 2.60 bits per heavy atom. The summed E-state index contributed by atoms with van der Waals surface area (Å²) in [6, 6.07) is 9.68. The molecule has 0 aliphatic rings. The van der Waals surface area contributed by atoms with Crippen LogP contribution in [0.5, 0.6) is 0 Å². The molecule has 0 atom stereocenters. The van der Waals surface area contributed by atoms with E-state index in [1.54, 1.807) is 0 Å². The van der Waals surface area contributed by atoms with E-state index in [4.69, 9.17) is 0 Å². The highest BCUT2D eigenvalue weighted by Crippen LogP contribution is 2.03. The molecule has 0 radical (unpaired) electrons. The Hall–Kier alpha value is -1.84. The highest BCUT2D eigenvalue weighted by Gasteiger charge is 2.01. The Morgan fingerprint density at radius 1 is 1.40 bits per heavy atom. The third kappa shape index (κ3) is 3.42. The van der Waals surface area contributed by atoms with E-state index in [0.29, 0.717) is 0 Å². The fourth-order valence-electron chi connectivity index (χ4n) is 1.14. The van der Waals surface area contributed by atoms with E-state index in [1.165, 1.54) is 7.11 Å². The maximum atomic E-state index is 10.8. The van der Waals surface area contributed by atoms with Crippen LogP contribution in [0, 0.1) is 0 Å². The fourth-order valence-corrected chi connectivity index (χ4v) is 1.14. The van der Waals surface area contributed by atoms with Crippen LogP contribution >= 0.6 is 0 Å². The maximum absolute atomic E-state index is 10.8. The molecule has 15 heavy (non-hydrogen) atoms. The van der Waals surface area contributed by atoms with Crippen LogP contribution in [0.3, 0.4) is 0 Å². The Balaban J connectivity index is 2.76. The fraction of sp³-hybridized carbons (Fsp3) is 0.273. The van der Waals surface area contributed by atoms with Crippen LogP contribution in [0.15, 0.2) is 35.4 Å². The zero-order chi connectivity index (χ0) is 11.1. The summed E-state index contributed by atoms with van der Waals surface area (Å²) in [5, 5.41) is 3.98. The van der Waals surface area contributed by atoms with Crippen molar-refractivity contribution in [2.45, 2.75) is 13.3 Å². The molecule has 80 valence electrons. The summed E-state index contributed by atoms with van der Waals surface area (Å²) in [5.41, 5.74) is 4.13. The Kier molecular flexibility index (Phi) is 4.34. The van der Waals surface area contributed by atoms with Crippen molar-refractivity contribution in [1.29, 1.82) is 0 Å². The number of nitrogens with zero attached hydrogens (tertiary/aromatic N) is 1. The lowest BCUT2D eigenvalue weighted by Gasteiger charge is -2.03. The number of hydrazone groups is 1. The third-order valence-electron chi connectivity index (χ3n) is 1.91. The average Bonchev–Trinajstić information content (AvgIpc) is 2.31. The number of hydrogen-bond acceptors (Lipinski definition) is 3. The summed E-state index contributed by atoms with van der Waals surface area (Å²) >= 11 is 0. The van der Waals surface area contributed by atoms with Crippen LogP contribution in [-0.2, 0) is 4.74 Å². The van der Waals surface area contributed by atoms with Crippen molar-refractivity contribution in [1.82, 2.24) is 5.43 Å². The number of methoxy groups -OCH3 is 1. The second-order valence-electron chi connectivity index (χ2n) is 2.88. The van der Waals surface area contributed by atoms with Crippen molar-refractivity contribution >= 4 is 11.8 Å². The van der Waals surface area contributed by atoms with Crippen LogP contribution in [0.2, 0.25) is 0 Å². The quantitative estimate of drug-likeness (QED) is 0.608. The summed E-state index contributed by atoms with van der Waals surface area (Å²) < 4.78 is 4.42. The molecule has 1 aromatic carbocycles. The molecule has 0 aliphatic carbocycles.